The first-order valence-corrected chi connectivity index (χ1v) is 9.62. The van der Waals surface area contributed by atoms with E-state index in [0.717, 1.165) is 50.9 Å². The molecule has 1 fully saturated rings. The van der Waals surface area contributed by atoms with E-state index in [-0.39, 0.29) is 25.2 Å². The second kappa shape index (κ2) is 9.48. The lowest BCUT2D eigenvalue weighted by molar-refractivity contribution is 0.0808. The van der Waals surface area contributed by atoms with Crippen molar-refractivity contribution in [3.8, 4) is 6.07 Å². The highest BCUT2D eigenvalue weighted by Gasteiger charge is 2.36. The number of aliphatic hydroxyl groups excluding tert-OH is 3. The van der Waals surface area contributed by atoms with E-state index >= 15 is 0 Å². The zero-order chi connectivity index (χ0) is 19.2. The smallest absolute Gasteiger partial charge is 0.0845 e. The molecule has 1 aromatic rings. The molecule has 1 unspecified atom stereocenters. The molecule has 26 heavy (non-hydrogen) atoms. The molecule has 1 aromatic carbocycles. The highest BCUT2D eigenvalue weighted by Crippen LogP contribution is 2.37. The molecule has 1 heterocycles. The van der Waals surface area contributed by atoms with Crippen molar-refractivity contribution >= 4 is 0 Å². The summed E-state index contributed by atoms with van der Waals surface area (Å²) in [6.07, 6.45) is 3.16. The van der Waals surface area contributed by atoms with Crippen LogP contribution in [0.15, 0.2) is 18.2 Å². The second-order valence-corrected chi connectivity index (χ2v) is 7.71. The van der Waals surface area contributed by atoms with Crippen molar-refractivity contribution in [2.24, 2.45) is 5.92 Å². The molecule has 2 rings (SSSR count). The maximum atomic E-state index is 10.1. The Hall–Kier alpha value is -1.45. The molecule has 5 nitrogen and oxygen atoms in total. The number of benzene rings is 1. The molecule has 0 aliphatic carbocycles. The predicted octanol–water partition coefficient (Wildman–Crippen LogP) is 2.33. The molecular weight excluding hydrogens is 328 g/mol. The third-order valence-electron chi connectivity index (χ3n) is 5.85. The number of hydrogen-bond acceptors (Lipinski definition) is 5. The lowest BCUT2D eigenvalue weighted by atomic mass is 9.69. The first-order chi connectivity index (χ1) is 12.5. The van der Waals surface area contributed by atoms with Crippen molar-refractivity contribution in [3.63, 3.8) is 0 Å². The molecule has 0 bridgehead atoms. The number of rotatable bonds is 8. The normalized spacial score (nSPS) is 18.7. The first-order valence-electron chi connectivity index (χ1n) is 9.62. The fourth-order valence-corrected chi connectivity index (χ4v) is 3.95. The standard InChI is InChI=1S/C21H32N2O3/c1-16(2)21(15-22,8-3-9-23-10-6-20(26)7-11-23)19-5-4-17(13-24)18(12-19)14-25/h4-5,12,16,20,24-26H,3,6-11,13-14H2,1-2H3. The molecule has 1 saturated heterocycles. The molecule has 0 spiro atoms. The van der Waals surface area contributed by atoms with E-state index in [1.165, 1.54) is 0 Å². The van der Waals surface area contributed by atoms with Crippen LogP contribution in [-0.4, -0.2) is 46.0 Å². The van der Waals surface area contributed by atoms with Gasteiger partial charge in [0.25, 0.3) is 0 Å². The maximum absolute atomic E-state index is 10.1. The van der Waals surface area contributed by atoms with Gasteiger partial charge in [0.15, 0.2) is 0 Å². The Morgan fingerprint density at radius 3 is 2.38 bits per heavy atom. The fraction of sp³-hybridized carbons (Fsp3) is 0.667. The summed E-state index contributed by atoms with van der Waals surface area (Å²) in [4.78, 5) is 2.36. The third-order valence-corrected chi connectivity index (χ3v) is 5.85. The molecule has 5 heteroatoms. The van der Waals surface area contributed by atoms with E-state index in [1.807, 2.05) is 18.2 Å². The van der Waals surface area contributed by atoms with Crippen molar-refractivity contribution in [1.29, 1.82) is 5.26 Å². The van der Waals surface area contributed by atoms with E-state index in [4.69, 9.17) is 0 Å². The molecule has 0 amide bonds. The van der Waals surface area contributed by atoms with Gasteiger partial charge in [0.2, 0.25) is 0 Å². The summed E-state index contributed by atoms with van der Waals surface area (Å²) < 4.78 is 0. The van der Waals surface area contributed by atoms with E-state index < -0.39 is 5.41 Å². The Labute approximate surface area is 156 Å². The molecule has 144 valence electrons. The highest BCUT2D eigenvalue weighted by atomic mass is 16.3. The van der Waals surface area contributed by atoms with Gasteiger partial charge in [-0.25, -0.2) is 0 Å². The SMILES string of the molecule is CC(C)C(C#N)(CCCN1CCC(O)CC1)c1ccc(CO)c(CO)c1. The number of piperidine rings is 1. The molecule has 0 saturated carbocycles. The summed E-state index contributed by atoms with van der Waals surface area (Å²) in [6, 6.07) is 8.19. The molecule has 3 N–H and O–H groups in total. The number of hydrogen-bond donors (Lipinski definition) is 3. The van der Waals surface area contributed by atoms with Gasteiger partial charge in [0.1, 0.15) is 0 Å². The average molecular weight is 360 g/mol. The van der Waals surface area contributed by atoms with Crippen LogP contribution in [0.4, 0.5) is 0 Å². The number of aliphatic hydroxyl groups is 3. The minimum absolute atomic E-state index is 0.113. The van der Waals surface area contributed by atoms with Crippen LogP contribution in [0.2, 0.25) is 0 Å². The maximum Gasteiger partial charge on any atom is 0.0845 e. The van der Waals surface area contributed by atoms with Crippen LogP contribution in [0.3, 0.4) is 0 Å². The topological polar surface area (TPSA) is 87.7 Å². The molecule has 0 aromatic heterocycles. The molecular formula is C21H32N2O3. The highest BCUT2D eigenvalue weighted by molar-refractivity contribution is 5.40. The minimum Gasteiger partial charge on any atom is -0.393 e. The summed E-state index contributed by atoms with van der Waals surface area (Å²) in [5, 5.41) is 38.7. The number of likely N-dealkylation sites (tertiary alicyclic amines) is 1. The van der Waals surface area contributed by atoms with Gasteiger partial charge in [-0.05, 0) is 54.8 Å². The van der Waals surface area contributed by atoms with Crippen LogP contribution < -0.4 is 0 Å². The van der Waals surface area contributed by atoms with Crippen molar-refractivity contribution in [2.45, 2.75) is 64.3 Å². The quantitative estimate of drug-likeness (QED) is 0.662. The van der Waals surface area contributed by atoms with Gasteiger partial charge < -0.3 is 20.2 Å². The van der Waals surface area contributed by atoms with Gasteiger partial charge in [-0.2, -0.15) is 5.26 Å². The zero-order valence-electron chi connectivity index (χ0n) is 16.0. The van der Waals surface area contributed by atoms with Crippen LogP contribution in [0.1, 0.15) is 56.2 Å². The van der Waals surface area contributed by atoms with Crippen LogP contribution in [0.25, 0.3) is 0 Å². The first kappa shape index (κ1) is 20.9. The van der Waals surface area contributed by atoms with Crippen molar-refractivity contribution in [1.82, 2.24) is 4.90 Å². The Morgan fingerprint density at radius 2 is 1.85 bits per heavy atom. The lowest BCUT2D eigenvalue weighted by Gasteiger charge is -2.34. The van der Waals surface area contributed by atoms with Gasteiger partial charge in [0.05, 0.1) is 30.8 Å². The Kier molecular flexibility index (Phi) is 7.60. The van der Waals surface area contributed by atoms with Gasteiger partial charge in [-0.1, -0.05) is 32.0 Å². The summed E-state index contributed by atoms with van der Waals surface area (Å²) in [6.45, 7) is 6.66. The zero-order valence-corrected chi connectivity index (χ0v) is 16.0. The predicted molar refractivity (Wildman–Crippen MR) is 101 cm³/mol. The molecule has 1 aliphatic heterocycles. The average Bonchev–Trinajstić information content (AvgIpc) is 2.66. The monoisotopic (exact) mass is 360 g/mol. The van der Waals surface area contributed by atoms with Gasteiger partial charge in [-0.3, -0.25) is 0 Å². The van der Waals surface area contributed by atoms with Crippen molar-refractivity contribution in [3.05, 3.63) is 34.9 Å². The largest absolute Gasteiger partial charge is 0.393 e. The Bertz CT molecular complexity index is 618. The molecule has 1 aliphatic rings. The van der Waals surface area contributed by atoms with Gasteiger partial charge >= 0.3 is 0 Å². The second-order valence-electron chi connectivity index (χ2n) is 7.71. The van der Waals surface area contributed by atoms with Gasteiger partial charge in [0, 0.05) is 13.1 Å². The summed E-state index contributed by atoms with van der Waals surface area (Å²) in [5.74, 6) is 0.141. The minimum atomic E-state index is -0.604. The summed E-state index contributed by atoms with van der Waals surface area (Å²) in [7, 11) is 0. The van der Waals surface area contributed by atoms with E-state index in [9.17, 15) is 20.6 Å². The van der Waals surface area contributed by atoms with Crippen molar-refractivity contribution < 1.29 is 15.3 Å². The molecule has 0 radical (unpaired) electrons. The molecule has 1 atom stereocenters. The number of nitrogens with zero attached hydrogens (tertiary/aromatic N) is 2. The van der Waals surface area contributed by atoms with Crippen LogP contribution in [-0.2, 0) is 18.6 Å². The van der Waals surface area contributed by atoms with Crippen LogP contribution in [0, 0.1) is 17.2 Å². The van der Waals surface area contributed by atoms with Crippen LogP contribution in [0.5, 0.6) is 0 Å². The fourth-order valence-electron chi connectivity index (χ4n) is 3.95. The Morgan fingerprint density at radius 1 is 1.19 bits per heavy atom. The van der Waals surface area contributed by atoms with E-state index in [2.05, 4.69) is 24.8 Å². The van der Waals surface area contributed by atoms with Gasteiger partial charge in [-0.15, -0.1) is 0 Å². The van der Waals surface area contributed by atoms with E-state index in [0.29, 0.717) is 11.1 Å². The van der Waals surface area contributed by atoms with Crippen molar-refractivity contribution in [2.75, 3.05) is 19.6 Å². The summed E-state index contributed by atoms with van der Waals surface area (Å²) in [5.41, 5.74) is 1.71. The number of nitriles is 1. The van der Waals surface area contributed by atoms with E-state index in [1.54, 1.807) is 0 Å². The lowest BCUT2D eigenvalue weighted by Crippen LogP contribution is -2.38. The van der Waals surface area contributed by atoms with Crippen LogP contribution >= 0.6 is 0 Å². The third kappa shape index (κ3) is 4.63. The summed E-state index contributed by atoms with van der Waals surface area (Å²) >= 11 is 0. The Balaban J connectivity index is 2.14.